The van der Waals surface area contributed by atoms with Crippen LogP contribution in [-0.4, -0.2) is 37.2 Å². The van der Waals surface area contributed by atoms with Gasteiger partial charge in [0.05, 0.1) is 0 Å². The van der Waals surface area contributed by atoms with Crippen molar-refractivity contribution in [3.05, 3.63) is 0 Å². The summed E-state index contributed by atoms with van der Waals surface area (Å²) in [6.07, 6.45) is 39.7. The summed E-state index contributed by atoms with van der Waals surface area (Å²) in [5.74, 6) is 0.844. The molecule has 0 saturated carbocycles. The molecule has 320 valence electrons. The Hall–Kier alpha value is -1.59. The van der Waals surface area contributed by atoms with Crippen molar-refractivity contribution in [3.63, 3.8) is 0 Å². The fraction of sp³-hybridized carbons (Fsp3) is 0.938. The van der Waals surface area contributed by atoms with Gasteiger partial charge >= 0.3 is 17.9 Å². The normalized spacial score (nSPS) is 12.6. The van der Waals surface area contributed by atoms with E-state index in [-0.39, 0.29) is 31.1 Å². The van der Waals surface area contributed by atoms with Gasteiger partial charge in [0.15, 0.2) is 6.10 Å². The highest BCUT2D eigenvalue weighted by molar-refractivity contribution is 5.71. The average Bonchev–Trinajstić information content (AvgIpc) is 3.15. The van der Waals surface area contributed by atoms with E-state index in [1.54, 1.807) is 0 Å². The first-order valence-electron chi connectivity index (χ1n) is 23.8. The van der Waals surface area contributed by atoms with Crippen molar-refractivity contribution < 1.29 is 28.6 Å². The number of rotatable bonds is 42. The molecule has 0 aliphatic rings. The second kappa shape index (κ2) is 41.1. The lowest BCUT2D eigenvalue weighted by Crippen LogP contribution is -2.30. The van der Waals surface area contributed by atoms with Crippen LogP contribution in [0, 0.1) is 11.8 Å². The van der Waals surface area contributed by atoms with Gasteiger partial charge in [0.2, 0.25) is 0 Å². The Morgan fingerprint density at radius 3 is 1.06 bits per heavy atom. The second-order valence-electron chi connectivity index (χ2n) is 17.1. The molecule has 0 spiro atoms. The molecule has 6 nitrogen and oxygen atoms in total. The lowest BCUT2D eigenvalue weighted by molar-refractivity contribution is -0.167. The molecular weight excluding hydrogens is 673 g/mol. The molecule has 0 radical (unpaired) electrons. The standard InChI is InChI=1S/C48H92O6/c1-6-8-9-26-33-38-46(49)52-41-45(54-48(51)40-35-30-25-21-17-16-19-23-28-32-37-44(5)7-2)42-53-47(50)39-34-29-24-20-15-13-11-10-12-14-18-22-27-31-36-43(3)4/h43-45H,6-42H2,1-5H3/t44?,45-/m1/s1. The van der Waals surface area contributed by atoms with Crippen molar-refractivity contribution in [1.29, 1.82) is 0 Å². The lowest BCUT2D eigenvalue weighted by atomic mass is 9.99. The smallest absolute Gasteiger partial charge is 0.306 e. The Kier molecular flexibility index (Phi) is 39.8. The number of ether oxygens (including phenoxy) is 3. The van der Waals surface area contributed by atoms with Crippen LogP contribution >= 0.6 is 0 Å². The highest BCUT2D eigenvalue weighted by atomic mass is 16.6. The van der Waals surface area contributed by atoms with Crippen LogP contribution in [0.15, 0.2) is 0 Å². The van der Waals surface area contributed by atoms with Crippen molar-refractivity contribution in [2.75, 3.05) is 13.2 Å². The van der Waals surface area contributed by atoms with Crippen LogP contribution in [0.1, 0.15) is 259 Å². The van der Waals surface area contributed by atoms with Crippen LogP contribution in [-0.2, 0) is 28.6 Å². The summed E-state index contributed by atoms with van der Waals surface area (Å²) in [4.78, 5) is 37.5. The SMILES string of the molecule is CCCCCCCC(=O)OC[C@H](COC(=O)CCCCCCCCCCCCCCCCC(C)C)OC(=O)CCCCCCCCCCCCC(C)CC. The number of unbranched alkanes of at least 4 members (excludes halogenated alkanes) is 26. The molecule has 0 aromatic carbocycles. The van der Waals surface area contributed by atoms with Crippen LogP contribution in [0.4, 0.5) is 0 Å². The molecule has 1 unspecified atom stereocenters. The van der Waals surface area contributed by atoms with E-state index < -0.39 is 6.10 Å². The molecule has 54 heavy (non-hydrogen) atoms. The van der Waals surface area contributed by atoms with Crippen molar-refractivity contribution in [2.45, 2.75) is 265 Å². The first-order chi connectivity index (χ1) is 26.3. The Balaban J connectivity index is 4.15. The molecule has 0 aromatic heterocycles. The topological polar surface area (TPSA) is 78.9 Å². The Morgan fingerprint density at radius 1 is 0.389 bits per heavy atom. The van der Waals surface area contributed by atoms with Gasteiger partial charge in [-0.25, -0.2) is 0 Å². The molecule has 0 aromatic rings. The van der Waals surface area contributed by atoms with Gasteiger partial charge in [-0.05, 0) is 31.1 Å². The highest BCUT2D eigenvalue weighted by Gasteiger charge is 2.19. The molecule has 2 atom stereocenters. The largest absolute Gasteiger partial charge is 0.462 e. The van der Waals surface area contributed by atoms with Crippen LogP contribution < -0.4 is 0 Å². The summed E-state index contributed by atoms with van der Waals surface area (Å²) in [5.41, 5.74) is 0. The zero-order valence-corrected chi connectivity index (χ0v) is 36.8. The fourth-order valence-electron chi connectivity index (χ4n) is 7.07. The van der Waals surface area contributed by atoms with E-state index in [0.29, 0.717) is 19.3 Å². The van der Waals surface area contributed by atoms with Gasteiger partial charge in [-0.3, -0.25) is 14.4 Å². The molecule has 6 heteroatoms. The molecule has 0 rings (SSSR count). The third-order valence-electron chi connectivity index (χ3n) is 11.1. The minimum absolute atomic E-state index is 0.0654. The number of hydrogen-bond acceptors (Lipinski definition) is 6. The first kappa shape index (κ1) is 52.4. The van der Waals surface area contributed by atoms with Gasteiger partial charge in [-0.2, -0.15) is 0 Å². The Labute approximate surface area is 336 Å². The van der Waals surface area contributed by atoms with Gasteiger partial charge < -0.3 is 14.2 Å². The third-order valence-corrected chi connectivity index (χ3v) is 11.1. The predicted octanol–water partition coefficient (Wildman–Crippen LogP) is 15.0. The van der Waals surface area contributed by atoms with Crippen LogP contribution in [0.25, 0.3) is 0 Å². The zero-order chi connectivity index (χ0) is 39.7. The van der Waals surface area contributed by atoms with Gasteiger partial charge in [0, 0.05) is 19.3 Å². The minimum Gasteiger partial charge on any atom is -0.462 e. The van der Waals surface area contributed by atoms with Gasteiger partial charge in [-0.1, -0.05) is 221 Å². The summed E-state index contributed by atoms with van der Waals surface area (Å²) < 4.78 is 16.6. The van der Waals surface area contributed by atoms with Crippen molar-refractivity contribution >= 4 is 17.9 Å². The summed E-state index contributed by atoms with van der Waals surface area (Å²) in [6, 6.07) is 0. The molecule has 0 aliphatic heterocycles. The van der Waals surface area contributed by atoms with Crippen molar-refractivity contribution in [2.24, 2.45) is 11.8 Å². The van der Waals surface area contributed by atoms with E-state index in [2.05, 4.69) is 34.6 Å². The monoisotopic (exact) mass is 765 g/mol. The van der Waals surface area contributed by atoms with E-state index in [4.69, 9.17) is 14.2 Å². The maximum absolute atomic E-state index is 12.7. The molecule has 0 aliphatic carbocycles. The van der Waals surface area contributed by atoms with Gasteiger partial charge in [0.1, 0.15) is 13.2 Å². The summed E-state index contributed by atoms with van der Waals surface area (Å²) >= 11 is 0. The van der Waals surface area contributed by atoms with E-state index in [9.17, 15) is 14.4 Å². The number of carbonyl (C=O) groups excluding carboxylic acids is 3. The van der Waals surface area contributed by atoms with E-state index in [1.165, 1.54) is 141 Å². The maximum Gasteiger partial charge on any atom is 0.306 e. The van der Waals surface area contributed by atoms with Crippen molar-refractivity contribution in [3.8, 4) is 0 Å². The maximum atomic E-state index is 12.7. The second-order valence-corrected chi connectivity index (χ2v) is 17.1. The molecule has 0 saturated heterocycles. The number of esters is 3. The third kappa shape index (κ3) is 40.1. The lowest BCUT2D eigenvalue weighted by Gasteiger charge is -2.18. The average molecular weight is 765 g/mol. The molecule has 0 bridgehead atoms. The Bertz CT molecular complexity index is 826. The number of hydrogen-bond donors (Lipinski definition) is 0. The van der Waals surface area contributed by atoms with E-state index in [1.807, 2.05) is 0 Å². The zero-order valence-electron chi connectivity index (χ0n) is 36.8. The van der Waals surface area contributed by atoms with Crippen LogP contribution in [0.2, 0.25) is 0 Å². The molecule has 0 amide bonds. The van der Waals surface area contributed by atoms with E-state index >= 15 is 0 Å². The van der Waals surface area contributed by atoms with Gasteiger partial charge in [0.25, 0.3) is 0 Å². The summed E-state index contributed by atoms with van der Waals surface area (Å²) in [7, 11) is 0. The van der Waals surface area contributed by atoms with Crippen LogP contribution in [0.3, 0.4) is 0 Å². The molecule has 0 N–H and O–H groups in total. The first-order valence-corrected chi connectivity index (χ1v) is 23.8. The quantitative estimate of drug-likeness (QED) is 0.0350. The highest BCUT2D eigenvalue weighted by Crippen LogP contribution is 2.17. The summed E-state index contributed by atoms with van der Waals surface area (Å²) in [5, 5.41) is 0. The number of carbonyl (C=O) groups is 3. The molecule has 0 fully saturated rings. The Morgan fingerprint density at radius 2 is 0.704 bits per heavy atom. The summed E-state index contributed by atoms with van der Waals surface area (Å²) in [6.45, 7) is 11.3. The predicted molar refractivity (Wildman–Crippen MR) is 229 cm³/mol. The van der Waals surface area contributed by atoms with E-state index in [0.717, 1.165) is 76.0 Å². The van der Waals surface area contributed by atoms with Gasteiger partial charge in [-0.15, -0.1) is 0 Å². The fourth-order valence-corrected chi connectivity index (χ4v) is 7.07. The van der Waals surface area contributed by atoms with Crippen LogP contribution in [0.5, 0.6) is 0 Å². The van der Waals surface area contributed by atoms with Crippen molar-refractivity contribution in [1.82, 2.24) is 0 Å². The molecular formula is C48H92O6. The molecule has 0 heterocycles. The minimum atomic E-state index is -0.759.